The molecular weight excluding hydrogens is 310 g/mol. The van der Waals surface area contributed by atoms with Crippen molar-refractivity contribution < 1.29 is 9.18 Å². The van der Waals surface area contributed by atoms with E-state index in [1.807, 2.05) is 0 Å². The summed E-state index contributed by atoms with van der Waals surface area (Å²) < 4.78 is 14.0. The number of anilines is 2. The number of carbonyl (C=O) groups is 1. The van der Waals surface area contributed by atoms with Crippen molar-refractivity contribution >= 4 is 44.8 Å². The van der Waals surface area contributed by atoms with E-state index in [4.69, 9.17) is 17.3 Å². The minimum absolute atomic E-state index is 0.00299. The third-order valence-electron chi connectivity index (χ3n) is 2.79. The van der Waals surface area contributed by atoms with Gasteiger partial charge in [0.15, 0.2) is 0 Å². The number of alkyl halides is 1. The number of amides is 1. The maximum Gasteiger partial charge on any atom is 0.227 e. The number of hydrogen-bond donors (Lipinski definition) is 1. The van der Waals surface area contributed by atoms with E-state index in [-0.39, 0.29) is 17.5 Å². The fourth-order valence-corrected chi connectivity index (χ4v) is 2.54. The summed E-state index contributed by atoms with van der Waals surface area (Å²) in [4.78, 5) is 13.3. The van der Waals surface area contributed by atoms with E-state index in [1.54, 1.807) is 6.07 Å². The lowest BCUT2D eigenvalue weighted by Gasteiger charge is -2.19. The summed E-state index contributed by atoms with van der Waals surface area (Å²) in [6.07, 6.45) is 0.386. The molecule has 0 bridgehead atoms. The van der Waals surface area contributed by atoms with Crippen molar-refractivity contribution in [3.63, 3.8) is 0 Å². The van der Waals surface area contributed by atoms with Gasteiger partial charge >= 0.3 is 0 Å². The van der Waals surface area contributed by atoms with Crippen LogP contribution < -0.4 is 10.6 Å². The Morgan fingerprint density at radius 3 is 2.88 bits per heavy atom. The van der Waals surface area contributed by atoms with E-state index in [0.717, 1.165) is 0 Å². The zero-order chi connectivity index (χ0) is 12.6. The highest BCUT2D eigenvalue weighted by molar-refractivity contribution is 9.10. The van der Waals surface area contributed by atoms with Gasteiger partial charge in [-0.2, -0.15) is 0 Å². The molecule has 3 nitrogen and oxygen atoms in total. The topological polar surface area (TPSA) is 46.3 Å². The lowest BCUT2D eigenvalue weighted by Crippen LogP contribution is -2.26. The summed E-state index contributed by atoms with van der Waals surface area (Å²) in [5.41, 5.74) is 6.07. The van der Waals surface area contributed by atoms with Crippen LogP contribution in [0.3, 0.4) is 0 Å². The van der Waals surface area contributed by atoms with Gasteiger partial charge in [0.2, 0.25) is 5.91 Å². The van der Waals surface area contributed by atoms with Crippen molar-refractivity contribution in [1.82, 2.24) is 0 Å². The second-order valence-electron chi connectivity index (χ2n) is 4.05. The number of nitrogens with zero attached hydrogens (tertiary/aromatic N) is 1. The molecule has 0 aromatic heterocycles. The summed E-state index contributed by atoms with van der Waals surface area (Å²) in [6.45, 7) is 0.489. The second-order valence-corrected chi connectivity index (χ2v) is 5.27. The van der Waals surface area contributed by atoms with Crippen LogP contribution in [0.1, 0.15) is 6.42 Å². The molecule has 2 N–H and O–H groups in total. The number of nitrogens with two attached hydrogens (primary N) is 1. The maximum absolute atomic E-state index is 13.5. The monoisotopic (exact) mass is 320 g/mol. The van der Waals surface area contributed by atoms with Gasteiger partial charge in [-0.05, 0) is 18.1 Å². The highest BCUT2D eigenvalue weighted by Gasteiger charge is 2.31. The van der Waals surface area contributed by atoms with Gasteiger partial charge in [-0.1, -0.05) is 15.9 Å². The molecule has 1 amide bonds. The Balaban J connectivity index is 2.38. The molecule has 1 aliphatic rings. The van der Waals surface area contributed by atoms with Gasteiger partial charge in [-0.15, -0.1) is 11.6 Å². The van der Waals surface area contributed by atoms with E-state index >= 15 is 0 Å². The first-order valence-corrected chi connectivity index (χ1v) is 6.46. The molecular formula is C11H11BrClFN2O. The Bertz CT molecular complexity index is 469. The molecule has 1 atom stereocenters. The molecule has 1 aliphatic heterocycles. The van der Waals surface area contributed by atoms with Crippen LogP contribution in [0.2, 0.25) is 0 Å². The molecule has 92 valence electrons. The molecule has 1 saturated heterocycles. The lowest BCUT2D eigenvalue weighted by atomic mass is 10.1. The van der Waals surface area contributed by atoms with Crippen LogP contribution in [0.25, 0.3) is 0 Å². The molecule has 1 aromatic carbocycles. The second kappa shape index (κ2) is 4.82. The Kier molecular flexibility index (Phi) is 3.58. The molecule has 17 heavy (non-hydrogen) atoms. The van der Waals surface area contributed by atoms with Crippen LogP contribution in [0.15, 0.2) is 16.6 Å². The van der Waals surface area contributed by atoms with Gasteiger partial charge in [-0.25, -0.2) is 4.39 Å². The van der Waals surface area contributed by atoms with Crippen molar-refractivity contribution in [1.29, 1.82) is 0 Å². The lowest BCUT2D eigenvalue weighted by molar-refractivity contribution is -0.117. The van der Waals surface area contributed by atoms with Crippen molar-refractivity contribution in [2.45, 2.75) is 6.42 Å². The number of nitrogen functional groups attached to an aromatic ring is 1. The fourth-order valence-electron chi connectivity index (χ4n) is 1.91. The van der Waals surface area contributed by atoms with Crippen LogP contribution in [-0.2, 0) is 4.79 Å². The number of carbonyl (C=O) groups excluding carboxylic acids is 1. The summed E-state index contributed by atoms with van der Waals surface area (Å²) in [6, 6.07) is 2.92. The Labute approximate surface area is 112 Å². The van der Waals surface area contributed by atoms with Gasteiger partial charge in [-0.3, -0.25) is 4.79 Å². The highest BCUT2D eigenvalue weighted by atomic mass is 79.9. The van der Waals surface area contributed by atoms with Crippen LogP contribution in [0.5, 0.6) is 0 Å². The summed E-state index contributed by atoms with van der Waals surface area (Å²) in [5, 5.41) is 0. The zero-order valence-electron chi connectivity index (χ0n) is 8.92. The van der Waals surface area contributed by atoms with Gasteiger partial charge < -0.3 is 10.6 Å². The van der Waals surface area contributed by atoms with E-state index in [0.29, 0.717) is 29.0 Å². The first-order valence-electron chi connectivity index (χ1n) is 5.13. The van der Waals surface area contributed by atoms with Crippen molar-refractivity contribution in [3.05, 3.63) is 22.4 Å². The quantitative estimate of drug-likeness (QED) is 0.672. The number of rotatable bonds is 2. The third kappa shape index (κ3) is 2.40. The number of halogens is 3. The predicted molar refractivity (Wildman–Crippen MR) is 69.7 cm³/mol. The van der Waals surface area contributed by atoms with E-state index < -0.39 is 5.82 Å². The van der Waals surface area contributed by atoms with Gasteiger partial charge in [0.1, 0.15) is 5.82 Å². The molecule has 0 saturated carbocycles. The average Bonchev–Trinajstić information content (AvgIpc) is 2.65. The molecule has 2 rings (SSSR count). The molecule has 1 fully saturated rings. The summed E-state index contributed by atoms with van der Waals surface area (Å²) in [5.74, 6) is -0.0829. The Hall–Kier alpha value is -0.810. The molecule has 1 unspecified atom stereocenters. The minimum Gasteiger partial charge on any atom is -0.395 e. The molecule has 1 aromatic rings. The summed E-state index contributed by atoms with van der Waals surface area (Å²) in [7, 11) is 0. The summed E-state index contributed by atoms with van der Waals surface area (Å²) >= 11 is 8.92. The predicted octanol–water partition coefficient (Wildman–Crippen LogP) is 2.76. The average molecular weight is 322 g/mol. The van der Waals surface area contributed by atoms with Gasteiger partial charge in [0.05, 0.1) is 11.4 Å². The molecule has 0 spiro atoms. The largest absolute Gasteiger partial charge is 0.395 e. The molecule has 1 heterocycles. The SMILES string of the molecule is Nc1c(F)cc(Br)cc1N1CC(CCl)CC1=O. The van der Waals surface area contributed by atoms with E-state index in [1.165, 1.54) is 11.0 Å². The van der Waals surface area contributed by atoms with Crippen LogP contribution in [0.4, 0.5) is 15.8 Å². The van der Waals surface area contributed by atoms with Crippen molar-refractivity contribution in [2.24, 2.45) is 5.92 Å². The van der Waals surface area contributed by atoms with E-state index in [9.17, 15) is 9.18 Å². The van der Waals surface area contributed by atoms with Crippen LogP contribution in [-0.4, -0.2) is 18.3 Å². The standard InChI is InChI=1S/C11H11BrClFN2O/c12-7-2-8(14)11(15)9(3-7)16-5-6(4-13)1-10(16)17/h2-3,6H,1,4-5,15H2. The van der Waals surface area contributed by atoms with Crippen molar-refractivity contribution in [2.75, 3.05) is 23.1 Å². The third-order valence-corrected chi connectivity index (χ3v) is 3.68. The normalized spacial score (nSPS) is 20.1. The van der Waals surface area contributed by atoms with Gasteiger partial charge in [0, 0.05) is 23.3 Å². The smallest absolute Gasteiger partial charge is 0.227 e. The first-order chi connectivity index (χ1) is 8.02. The van der Waals surface area contributed by atoms with Crippen LogP contribution in [0, 0.1) is 11.7 Å². The molecule has 0 radical (unpaired) electrons. The zero-order valence-corrected chi connectivity index (χ0v) is 11.3. The number of benzene rings is 1. The van der Waals surface area contributed by atoms with Crippen molar-refractivity contribution in [3.8, 4) is 0 Å². The minimum atomic E-state index is -0.531. The maximum atomic E-state index is 13.5. The highest BCUT2D eigenvalue weighted by Crippen LogP contribution is 2.34. The van der Waals surface area contributed by atoms with E-state index in [2.05, 4.69) is 15.9 Å². The van der Waals surface area contributed by atoms with Gasteiger partial charge in [0.25, 0.3) is 0 Å². The Morgan fingerprint density at radius 1 is 1.59 bits per heavy atom. The van der Waals surface area contributed by atoms with Crippen LogP contribution >= 0.6 is 27.5 Å². The fraction of sp³-hybridized carbons (Fsp3) is 0.364. The first kappa shape index (κ1) is 12.6. The molecule has 0 aliphatic carbocycles. The molecule has 6 heteroatoms. The number of hydrogen-bond acceptors (Lipinski definition) is 2. The Morgan fingerprint density at radius 2 is 2.29 bits per heavy atom.